The topological polar surface area (TPSA) is 13.1 Å². The summed E-state index contributed by atoms with van der Waals surface area (Å²) in [5.41, 5.74) is 22.4. The maximum atomic E-state index is 2.56. The molecule has 3 nitrogen and oxygen atoms in total. The fourth-order valence-electron chi connectivity index (χ4n) is 12.4. The highest BCUT2D eigenvalue weighted by molar-refractivity contribution is 6.15. The quantitative estimate of drug-likeness (QED) is 0.168. The molecule has 0 bridgehead atoms. The number of fused-ring (bicyclic) bond motifs is 15. The van der Waals surface area contributed by atoms with Gasteiger partial charge in [0.25, 0.3) is 0 Å². The summed E-state index contributed by atoms with van der Waals surface area (Å²) in [6.45, 7) is 0. The van der Waals surface area contributed by atoms with E-state index in [4.69, 9.17) is 0 Å². The Balaban J connectivity index is 1.03. The number of benzene rings is 11. The number of aromatic nitrogens is 2. The molecule has 326 valence electrons. The van der Waals surface area contributed by atoms with E-state index >= 15 is 0 Å². The molecule has 1 aliphatic heterocycles. The minimum atomic E-state index is -0.668. The second-order valence-electron chi connectivity index (χ2n) is 18.8. The monoisotopic (exact) mass is 889 g/mol. The molecule has 70 heavy (non-hydrogen) atoms. The fourth-order valence-corrected chi connectivity index (χ4v) is 12.4. The van der Waals surface area contributed by atoms with E-state index in [2.05, 4.69) is 275 Å². The lowest BCUT2D eigenvalue weighted by Gasteiger charge is -2.45. The maximum Gasteiger partial charge on any atom is 0.0755 e. The summed E-state index contributed by atoms with van der Waals surface area (Å²) in [4.78, 5) is 2.47. The Kier molecular flexibility index (Phi) is 8.28. The molecule has 11 aromatic carbocycles. The third kappa shape index (κ3) is 5.40. The predicted octanol–water partition coefficient (Wildman–Crippen LogP) is 17.4. The molecule has 0 amide bonds. The van der Waals surface area contributed by atoms with Crippen LogP contribution < -0.4 is 4.90 Å². The minimum Gasteiger partial charge on any atom is -0.310 e. The smallest absolute Gasteiger partial charge is 0.0755 e. The summed E-state index contributed by atoms with van der Waals surface area (Å²) >= 11 is 0. The lowest BCUT2D eigenvalue weighted by Crippen LogP contribution is -2.36. The first-order valence-electron chi connectivity index (χ1n) is 24.3. The summed E-state index contributed by atoms with van der Waals surface area (Å²) in [5, 5.41) is 4.98. The SMILES string of the molecule is c1ccc(-c2cccc(-c3ccc(-n4c5ccccc5c5cc6c(cc54)C4(c5cc7c(cc5-6)c5ccccc5n7-c5ccccc5)c5ccccc5N(c5ccccc5)c5ccccc54)cc3)c2)cc1. The van der Waals surface area contributed by atoms with Gasteiger partial charge in [0.2, 0.25) is 0 Å². The van der Waals surface area contributed by atoms with Crippen LogP contribution >= 0.6 is 0 Å². The van der Waals surface area contributed by atoms with Gasteiger partial charge in [-0.3, -0.25) is 0 Å². The molecule has 0 saturated heterocycles. The van der Waals surface area contributed by atoms with Crippen LogP contribution in [0.4, 0.5) is 17.1 Å². The molecule has 3 heteroatoms. The standard InChI is InChI=1S/C67H43N3/c1-4-19-44(20-5-1)46-21-18-22-47(39-46)45-35-37-50(38-36-45)69-62-32-15-11-28-52(62)56-41-54-53-40-55-51-27-10-14-31-61(51)68(48-23-6-2-7-24-48)65(55)42-59(53)67(60(54)43-66(56)69)57-29-12-16-33-63(57)70(49-25-8-3-9-26-49)64-34-17-13-30-58(64)67/h1-43H. The van der Waals surface area contributed by atoms with E-state index in [1.807, 2.05) is 0 Å². The van der Waals surface area contributed by atoms with E-state index in [1.165, 1.54) is 111 Å². The predicted molar refractivity (Wildman–Crippen MR) is 292 cm³/mol. The lowest BCUT2D eigenvalue weighted by atomic mass is 9.64. The largest absolute Gasteiger partial charge is 0.310 e. The second-order valence-corrected chi connectivity index (χ2v) is 18.8. The molecule has 0 radical (unpaired) electrons. The number of anilines is 3. The third-order valence-electron chi connectivity index (χ3n) is 15.3. The van der Waals surface area contributed by atoms with Crippen LogP contribution in [0.25, 0.3) is 88.4 Å². The van der Waals surface area contributed by atoms with Crippen molar-refractivity contribution in [2.45, 2.75) is 5.41 Å². The molecule has 2 aromatic heterocycles. The molecule has 0 unspecified atom stereocenters. The molecule has 0 N–H and O–H groups in total. The highest BCUT2D eigenvalue weighted by atomic mass is 15.2. The van der Waals surface area contributed by atoms with Gasteiger partial charge in [0.15, 0.2) is 0 Å². The maximum absolute atomic E-state index is 2.56. The van der Waals surface area contributed by atoms with E-state index in [0.717, 1.165) is 17.1 Å². The van der Waals surface area contributed by atoms with Gasteiger partial charge >= 0.3 is 0 Å². The van der Waals surface area contributed by atoms with Crippen LogP contribution in [0.5, 0.6) is 0 Å². The van der Waals surface area contributed by atoms with Crippen molar-refractivity contribution in [3.63, 3.8) is 0 Å². The number of para-hydroxylation sites is 6. The van der Waals surface area contributed by atoms with Crippen molar-refractivity contribution in [3.05, 3.63) is 283 Å². The summed E-state index contributed by atoms with van der Waals surface area (Å²) in [7, 11) is 0. The molecule has 0 saturated carbocycles. The zero-order valence-corrected chi connectivity index (χ0v) is 38.2. The first-order valence-corrected chi connectivity index (χ1v) is 24.3. The summed E-state index contributed by atoms with van der Waals surface area (Å²) < 4.78 is 4.97. The van der Waals surface area contributed by atoms with E-state index in [9.17, 15) is 0 Å². The zero-order valence-electron chi connectivity index (χ0n) is 38.2. The normalized spacial score (nSPS) is 13.2. The fraction of sp³-hybridized carbons (Fsp3) is 0.0149. The Morgan fingerprint density at radius 2 is 0.657 bits per heavy atom. The lowest BCUT2D eigenvalue weighted by molar-refractivity contribution is 0.754. The Morgan fingerprint density at radius 3 is 1.20 bits per heavy atom. The Morgan fingerprint density at radius 1 is 0.243 bits per heavy atom. The van der Waals surface area contributed by atoms with Gasteiger partial charge in [0.05, 0.1) is 38.9 Å². The van der Waals surface area contributed by atoms with Crippen molar-refractivity contribution >= 4 is 60.7 Å². The van der Waals surface area contributed by atoms with E-state index in [1.54, 1.807) is 0 Å². The highest BCUT2D eigenvalue weighted by Gasteiger charge is 2.52. The van der Waals surface area contributed by atoms with Crippen LogP contribution in [0.1, 0.15) is 22.3 Å². The Bertz CT molecular complexity index is 4170. The number of hydrogen-bond donors (Lipinski definition) is 0. The molecule has 2 aliphatic rings. The van der Waals surface area contributed by atoms with Gasteiger partial charge in [-0.1, -0.05) is 170 Å². The van der Waals surface area contributed by atoms with Gasteiger partial charge in [0.1, 0.15) is 0 Å². The van der Waals surface area contributed by atoms with Crippen molar-refractivity contribution in [2.75, 3.05) is 4.90 Å². The Labute approximate surface area is 406 Å². The Hall–Kier alpha value is -9.18. The second kappa shape index (κ2) is 14.9. The van der Waals surface area contributed by atoms with Crippen molar-refractivity contribution < 1.29 is 0 Å². The van der Waals surface area contributed by atoms with Gasteiger partial charge in [-0.15, -0.1) is 0 Å². The summed E-state index contributed by atoms with van der Waals surface area (Å²) in [6, 6.07) is 96.8. The van der Waals surface area contributed by atoms with Gasteiger partial charge < -0.3 is 14.0 Å². The van der Waals surface area contributed by atoms with Gasteiger partial charge in [-0.25, -0.2) is 0 Å². The van der Waals surface area contributed by atoms with Crippen molar-refractivity contribution in [2.24, 2.45) is 0 Å². The molecule has 3 heterocycles. The molecule has 1 spiro atoms. The van der Waals surface area contributed by atoms with Crippen LogP contribution in [-0.4, -0.2) is 9.13 Å². The molecule has 1 aliphatic carbocycles. The average molecular weight is 890 g/mol. The van der Waals surface area contributed by atoms with Crippen LogP contribution in [0, 0.1) is 0 Å². The molecule has 15 rings (SSSR count). The van der Waals surface area contributed by atoms with Gasteiger partial charge in [-0.05, 0) is 147 Å². The van der Waals surface area contributed by atoms with Gasteiger partial charge in [0, 0.05) is 38.6 Å². The molecular weight excluding hydrogens is 847 g/mol. The first kappa shape index (κ1) is 38.9. The van der Waals surface area contributed by atoms with Crippen molar-refractivity contribution in [1.82, 2.24) is 9.13 Å². The van der Waals surface area contributed by atoms with E-state index in [0.29, 0.717) is 0 Å². The number of nitrogens with zero attached hydrogens (tertiary/aromatic N) is 3. The first-order chi connectivity index (χ1) is 34.7. The van der Waals surface area contributed by atoms with E-state index in [-0.39, 0.29) is 0 Å². The zero-order chi connectivity index (χ0) is 45.9. The number of hydrogen-bond acceptors (Lipinski definition) is 1. The molecule has 13 aromatic rings. The summed E-state index contributed by atoms with van der Waals surface area (Å²) in [5.74, 6) is 0. The summed E-state index contributed by atoms with van der Waals surface area (Å²) in [6.07, 6.45) is 0. The van der Waals surface area contributed by atoms with E-state index < -0.39 is 5.41 Å². The third-order valence-corrected chi connectivity index (χ3v) is 15.3. The van der Waals surface area contributed by atoms with Crippen LogP contribution in [0.15, 0.2) is 261 Å². The molecular formula is C67H43N3. The average Bonchev–Trinajstić information content (AvgIpc) is 4.04. The van der Waals surface area contributed by atoms with Crippen LogP contribution in [0.3, 0.4) is 0 Å². The molecule has 0 atom stereocenters. The molecule has 0 fully saturated rings. The van der Waals surface area contributed by atoms with Crippen molar-refractivity contribution in [3.8, 4) is 44.8 Å². The highest BCUT2D eigenvalue weighted by Crippen LogP contribution is 2.65. The van der Waals surface area contributed by atoms with Gasteiger partial charge in [-0.2, -0.15) is 0 Å². The van der Waals surface area contributed by atoms with Crippen LogP contribution in [-0.2, 0) is 5.41 Å². The van der Waals surface area contributed by atoms with Crippen molar-refractivity contribution in [1.29, 1.82) is 0 Å². The minimum absolute atomic E-state index is 0.668. The van der Waals surface area contributed by atoms with Crippen LogP contribution in [0.2, 0.25) is 0 Å². The number of rotatable bonds is 5.